The summed E-state index contributed by atoms with van der Waals surface area (Å²) in [4.78, 5) is 9.84. The highest BCUT2D eigenvalue weighted by Crippen LogP contribution is 2.19. The maximum atomic E-state index is 10.3. The number of hydrogen-bond acceptors (Lipinski definition) is 5. The number of halogens is 2. The maximum Gasteiger partial charge on any atom is 0.270 e. The van der Waals surface area contributed by atoms with Gasteiger partial charge in [-0.2, -0.15) is 0 Å². The highest BCUT2D eigenvalue weighted by molar-refractivity contribution is 14.1. The largest absolute Gasteiger partial charge is 0.399 e. The van der Waals surface area contributed by atoms with Crippen LogP contribution in [-0.2, 0) is 13.2 Å². The van der Waals surface area contributed by atoms with Crippen molar-refractivity contribution in [3.63, 3.8) is 0 Å². The van der Waals surface area contributed by atoms with Gasteiger partial charge in [0.2, 0.25) is 0 Å². The van der Waals surface area contributed by atoms with Crippen molar-refractivity contribution in [3.05, 3.63) is 64.8 Å². The van der Waals surface area contributed by atoms with Crippen molar-refractivity contribution in [2.75, 3.05) is 5.73 Å². The lowest BCUT2D eigenvalue weighted by molar-refractivity contribution is -0.385. The molecule has 8 heteroatoms. The minimum atomic E-state index is -0.455. The van der Waals surface area contributed by atoms with E-state index in [0.717, 1.165) is 14.8 Å². The van der Waals surface area contributed by atoms with E-state index in [1.807, 2.05) is 34.7 Å². The van der Waals surface area contributed by atoms with Gasteiger partial charge in [0.05, 0.1) is 18.1 Å². The molecule has 0 amide bonds. The van der Waals surface area contributed by atoms with Crippen LogP contribution < -0.4 is 5.73 Å². The van der Waals surface area contributed by atoms with Gasteiger partial charge in [0.1, 0.15) is 0 Å². The Morgan fingerprint density at radius 1 is 1.00 bits per heavy atom. The van der Waals surface area contributed by atoms with Crippen molar-refractivity contribution in [3.8, 4) is 0 Å². The van der Waals surface area contributed by atoms with E-state index in [2.05, 4.69) is 22.6 Å². The lowest BCUT2D eigenvalue weighted by Crippen LogP contribution is -1.92. The summed E-state index contributed by atoms with van der Waals surface area (Å²) >= 11 is 4.10. The van der Waals surface area contributed by atoms with E-state index in [1.54, 1.807) is 12.1 Å². The molecule has 0 aromatic heterocycles. The molecule has 0 unspecified atom stereocenters. The lowest BCUT2D eigenvalue weighted by Gasteiger charge is -1.99. The Morgan fingerprint density at radius 3 is 1.91 bits per heavy atom. The van der Waals surface area contributed by atoms with Crippen LogP contribution in [0.25, 0.3) is 0 Å². The van der Waals surface area contributed by atoms with Gasteiger partial charge >= 0.3 is 0 Å². The number of rotatable bonds is 3. The second kappa shape index (κ2) is 9.22. The fourth-order valence-electron chi connectivity index (χ4n) is 1.47. The molecular formula is C14H14I2N2O4. The Morgan fingerprint density at radius 2 is 1.50 bits per heavy atom. The van der Waals surface area contributed by atoms with Crippen molar-refractivity contribution in [2.24, 2.45) is 0 Å². The van der Waals surface area contributed by atoms with Crippen molar-refractivity contribution in [1.29, 1.82) is 0 Å². The molecule has 0 bridgehead atoms. The highest BCUT2D eigenvalue weighted by atomic mass is 127. The summed E-state index contributed by atoms with van der Waals surface area (Å²) in [5.74, 6) is 0. The first-order chi connectivity index (χ1) is 10.4. The SMILES string of the molecule is Nc1ccc(CO)c(I)c1.O=[N+]([O-])c1ccc(CO)c(I)c1. The molecule has 4 N–H and O–H groups in total. The zero-order chi connectivity index (χ0) is 16.7. The van der Waals surface area contributed by atoms with Crippen LogP contribution in [0.1, 0.15) is 11.1 Å². The van der Waals surface area contributed by atoms with Crippen molar-refractivity contribution in [2.45, 2.75) is 13.2 Å². The molecule has 0 radical (unpaired) electrons. The van der Waals surface area contributed by atoms with E-state index >= 15 is 0 Å². The Labute approximate surface area is 154 Å². The molecule has 6 nitrogen and oxygen atoms in total. The van der Waals surface area contributed by atoms with E-state index < -0.39 is 4.92 Å². The lowest BCUT2D eigenvalue weighted by atomic mass is 10.2. The molecule has 0 saturated carbocycles. The average Bonchev–Trinajstić information content (AvgIpc) is 2.48. The Balaban J connectivity index is 0.000000224. The molecule has 0 fully saturated rings. The van der Waals surface area contributed by atoms with Crippen molar-refractivity contribution in [1.82, 2.24) is 0 Å². The molecule has 0 aliphatic heterocycles. The summed E-state index contributed by atoms with van der Waals surface area (Å²) in [5.41, 5.74) is 7.92. The van der Waals surface area contributed by atoms with Gasteiger partial charge in [0, 0.05) is 25.0 Å². The van der Waals surface area contributed by atoms with Crippen LogP contribution in [0.15, 0.2) is 36.4 Å². The van der Waals surface area contributed by atoms with E-state index in [1.165, 1.54) is 12.1 Å². The molecular weight excluding hydrogens is 514 g/mol. The van der Waals surface area contributed by atoms with Crippen molar-refractivity contribution < 1.29 is 15.1 Å². The number of aliphatic hydroxyl groups is 2. The highest BCUT2D eigenvalue weighted by Gasteiger charge is 2.07. The number of benzene rings is 2. The monoisotopic (exact) mass is 528 g/mol. The number of nitro benzene ring substituents is 1. The van der Waals surface area contributed by atoms with Crippen LogP contribution in [0.3, 0.4) is 0 Å². The number of non-ortho nitro benzene ring substituents is 1. The molecule has 2 rings (SSSR count). The van der Waals surface area contributed by atoms with E-state index in [-0.39, 0.29) is 18.9 Å². The molecule has 22 heavy (non-hydrogen) atoms. The van der Waals surface area contributed by atoms with Crippen LogP contribution >= 0.6 is 45.2 Å². The van der Waals surface area contributed by atoms with E-state index in [4.69, 9.17) is 15.9 Å². The second-order valence-corrected chi connectivity index (χ2v) is 6.52. The predicted octanol–water partition coefficient (Wildman–Crippen LogP) is 3.06. The zero-order valence-electron chi connectivity index (χ0n) is 11.4. The molecule has 0 aliphatic carbocycles. The molecule has 0 heterocycles. The number of nitrogens with zero attached hydrogens (tertiary/aromatic N) is 1. The summed E-state index contributed by atoms with van der Waals surface area (Å²) in [7, 11) is 0. The second-order valence-electron chi connectivity index (χ2n) is 4.20. The fourth-order valence-corrected chi connectivity index (χ4v) is 2.85. The molecule has 2 aromatic rings. The first-order valence-electron chi connectivity index (χ1n) is 6.07. The van der Waals surface area contributed by atoms with Gasteiger partial charge in [0.25, 0.3) is 5.69 Å². The molecule has 2 aromatic carbocycles. The maximum absolute atomic E-state index is 10.3. The standard InChI is InChI=1S/C7H6INO3.C7H8INO/c8-7-3-6(9(11)12)2-1-5(7)4-10;8-7-3-6(9)2-1-5(7)4-10/h1-3,10H,4H2;1-3,10H,4,9H2. The molecule has 0 spiro atoms. The summed E-state index contributed by atoms with van der Waals surface area (Å²) in [6, 6.07) is 9.83. The van der Waals surface area contributed by atoms with Crippen LogP contribution in [0.4, 0.5) is 11.4 Å². The molecule has 0 atom stereocenters. The van der Waals surface area contributed by atoms with Gasteiger partial charge in [-0.1, -0.05) is 6.07 Å². The Hall–Kier alpha value is -0.980. The fraction of sp³-hybridized carbons (Fsp3) is 0.143. The van der Waals surface area contributed by atoms with Crippen LogP contribution in [-0.4, -0.2) is 15.1 Å². The number of nitrogens with two attached hydrogens (primary N) is 1. The first kappa shape index (κ1) is 19.1. The zero-order valence-corrected chi connectivity index (χ0v) is 15.7. The quantitative estimate of drug-likeness (QED) is 0.246. The summed E-state index contributed by atoms with van der Waals surface area (Å²) in [6.45, 7) is -0.00514. The van der Waals surface area contributed by atoms with Gasteiger partial charge in [-0.15, -0.1) is 0 Å². The van der Waals surface area contributed by atoms with Crippen LogP contribution in [0, 0.1) is 17.3 Å². The normalized spacial score (nSPS) is 9.82. The summed E-state index contributed by atoms with van der Waals surface area (Å²) in [5, 5.41) is 27.8. The predicted molar refractivity (Wildman–Crippen MR) is 101 cm³/mol. The smallest absolute Gasteiger partial charge is 0.270 e. The summed E-state index contributed by atoms with van der Waals surface area (Å²) in [6.07, 6.45) is 0. The molecule has 0 saturated heterocycles. The van der Waals surface area contributed by atoms with Gasteiger partial charge in [-0.05, 0) is 74.5 Å². The number of nitrogen functional groups attached to an aromatic ring is 1. The van der Waals surface area contributed by atoms with Gasteiger partial charge in [-0.3, -0.25) is 10.1 Å². The van der Waals surface area contributed by atoms with Crippen LogP contribution in [0.5, 0.6) is 0 Å². The van der Waals surface area contributed by atoms with Gasteiger partial charge < -0.3 is 15.9 Å². The Kier molecular flexibility index (Phi) is 8.00. The molecule has 118 valence electrons. The van der Waals surface area contributed by atoms with E-state index in [9.17, 15) is 10.1 Å². The van der Waals surface area contributed by atoms with Crippen LogP contribution in [0.2, 0.25) is 0 Å². The van der Waals surface area contributed by atoms with Gasteiger partial charge in [-0.25, -0.2) is 0 Å². The van der Waals surface area contributed by atoms with E-state index in [0.29, 0.717) is 9.13 Å². The van der Waals surface area contributed by atoms with Crippen molar-refractivity contribution >= 4 is 56.6 Å². The third kappa shape index (κ3) is 5.66. The number of hydrogen-bond donors (Lipinski definition) is 3. The topological polar surface area (TPSA) is 110 Å². The third-order valence-corrected chi connectivity index (χ3v) is 4.67. The summed E-state index contributed by atoms with van der Waals surface area (Å²) < 4.78 is 1.73. The third-order valence-electron chi connectivity index (χ3n) is 2.67. The molecule has 0 aliphatic rings. The minimum Gasteiger partial charge on any atom is -0.399 e. The minimum absolute atomic E-state index is 0.0524. The van der Waals surface area contributed by atoms with Gasteiger partial charge in [0.15, 0.2) is 0 Å². The average molecular weight is 528 g/mol. The number of anilines is 1. The number of aliphatic hydroxyl groups excluding tert-OH is 2. The number of nitro groups is 1. The Bertz CT molecular complexity index is 665. The first-order valence-corrected chi connectivity index (χ1v) is 8.23.